The average molecular weight is 282 g/mol. The number of carbonyl (C=O) groups is 1. The van der Waals surface area contributed by atoms with Crippen LogP contribution in [0.5, 0.6) is 11.5 Å². The van der Waals surface area contributed by atoms with Gasteiger partial charge in [-0.3, -0.25) is 4.79 Å². The molecule has 0 radical (unpaired) electrons. The molecule has 1 amide bonds. The molecule has 112 valence electrons. The van der Waals surface area contributed by atoms with Gasteiger partial charge in [0.05, 0.1) is 6.42 Å². The Labute approximate surface area is 118 Å². The lowest BCUT2D eigenvalue weighted by atomic mass is 10.1. The molecular weight excluding hydrogens is 260 g/mol. The second-order valence-corrected chi connectivity index (χ2v) is 4.97. The molecule has 0 heterocycles. The van der Waals surface area contributed by atoms with E-state index in [0.29, 0.717) is 12.1 Å². The van der Waals surface area contributed by atoms with Gasteiger partial charge in [0.2, 0.25) is 5.91 Å². The first-order chi connectivity index (χ1) is 9.38. The summed E-state index contributed by atoms with van der Waals surface area (Å²) in [5.41, 5.74) is 5.69. The van der Waals surface area contributed by atoms with E-state index in [9.17, 15) is 15.0 Å². The van der Waals surface area contributed by atoms with Crippen LogP contribution in [0.2, 0.25) is 0 Å². The van der Waals surface area contributed by atoms with Crippen molar-refractivity contribution in [1.29, 1.82) is 0 Å². The molecule has 1 aromatic carbocycles. The molecule has 1 rings (SSSR count). The van der Waals surface area contributed by atoms with Gasteiger partial charge in [-0.25, -0.2) is 0 Å². The van der Waals surface area contributed by atoms with E-state index in [1.165, 1.54) is 6.07 Å². The minimum Gasteiger partial charge on any atom is -0.504 e. The predicted molar refractivity (Wildman–Crippen MR) is 75.6 cm³/mol. The minimum atomic E-state index is -0.665. The quantitative estimate of drug-likeness (QED) is 0.543. The lowest BCUT2D eigenvalue weighted by molar-refractivity contribution is -0.117. The van der Waals surface area contributed by atoms with Crippen molar-refractivity contribution in [2.45, 2.75) is 32.4 Å². The summed E-state index contributed by atoms with van der Waals surface area (Å²) in [5, 5.41) is 22.5. The molecule has 1 aromatic rings. The van der Waals surface area contributed by atoms with Crippen LogP contribution in [-0.4, -0.2) is 41.4 Å². The summed E-state index contributed by atoms with van der Waals surface area (Å²) in [5.74, 6) is -0.275. The van der Waals surface area contributed by atoms with E-state index in [1.807, 2.05) is 13.8 Å². The van der Waals surface area contributed by atoms with Crippen LogP contribution >= 0.6 is 0 Å². The van der Waals surface area contributed by atoms with Crippen LogP contribution < -0.4 is 15.8 Å². The van der Waals surface area contributed by atoms with Gasteiger partial charge in [-0.1, -0.05) is 19.9 Å². The molecule has 0 bridgehead atoms. The fourth-order valence-electron chi connectivity index (χ4n) is 1.61. The van der Waals surface area contributed by atoms with Crippen molar-refractivity contribution in [1.82, 2.24) is 5.32 Å². The van der Waals surface area contributed by atoms with Crippen LogP contribution in [-0.2, 0) is 11.2 Å². The summed E-state index contributed by atoms with van der Waals surface area (Å²) in [6.45, 7) is 4.45. The molecule has 0 saturated carbocycles. The van der Waals surface area contributed by atoms with Crippen molar-refractivity contribution < 1.29 is 19.7 Å². The molecular formula is C14H22N2O4. The van der Waals surface area contributed by atoms with E-state index in [-0.39, 0.29) is 30.6 Å². The Morgan fingerprint density at radius 1 is 1.45 bits per heavy atom. The number of hydrogen-bond donors (Lipinski definition) is 4. The molecule has 6 nitrogen and oxygen atoms in total. The molecule has 0 spiro atoms. The molecule has 1 unspecified atom stereocenters. The number of carbonyl (C=O) groups excluding carboxylic acids is 1. The molecule has 0 aliphatic heterocycles. The first-order valence-electron chi connectivity index (χ1n) is 6.53. The SMILES string of the molecule is CC(C)NCC(O)COc1ccc(CC(N)=O)cc1O. The van der Waals surface area contributed by atoms with Crippen LogP contribution in [0.25, 0.3) is 0 Å². The number of rotatable bonds is 8. The van der Waals surface area contributed by atoms with E-state index in [2.05, 4.69) is 5.32 Å². The third-order valence-electron chi connectivity index (χ3n) is 2.59. The van der Waals surface area contributed by atoms with Crippen molar-refractivity contribution >= 4 is 5.91 Å². The zero-order valence-corrected chi connectivity index (χ0v) is 11.8. The normalized spacial score (nSPS) is 12.4. The molecule has 0 aliphatic carbocycles. The summed E-state index contributed by atoms with van der Waals surface area (Å²) < 4.78 is 5.33. The maximum Gasteiger partial charge on any atom is 0.221 e. The number of benzene rings is 1. The molecule has 5 N–H and O–H groups in total. The van der Waals surface area contributed by atoms with Gasteiger partial charge in [0.15, 0.2) is 11.5 Å². The van der Waals surface area contributed by atoms with E-state index >= 15 is 0 Å². The number of nitrogens with two attached hydrogens (primary N) is 1. The number of amides is 1. The number of phenols is 1. The van der Waals surface area contributed by atoms with E-state index in [4.69, 9.17) is 10.5 Å². The fourth-order valence-corrected chi connectivity index (χ4v) is 1.61. The second-order valence-electron chi connectivity index (χ2n) is 4.97. The van der Waals surface area contributed by atoms with Gasteiger partial charge in [-0.2, -0.15) is 0 Å². The van der Waals surface area contributed by atoms with Crippen molar-refractivity contribution in [2.75, 3.05) is 13.2 Å². The number of nitrogens with one attached hydrogen (secondary N) is 1. The number of ether oxygens (including phenoxy) is 1. The number of aliphatic hydroxyl groups is 1. The average Bonchev–Trinajstić information content (AvgIpc) is 2.34. The predicted octanol–water partition coefficient (Wildman–Crippen LogP) is 0.158. The number of aliphatic hydroxyl groups excluding tert-OH is 1. The van der Waals surface area contributed by atoms with Crippen molar-refractivity contribution in [2.24, 2.45) is 5.73 Å². The lowest BCUT2D eigenvalue weighted by Gasteiger charge is -2.15. The van der Waals surface area contributed by atoms with Crippen LogP contribution in [0.1, 0.15) is 19.4 Å². The first-order valence-corrected chi connectivity index (χ1v) is 6.53. The first kappa shape index (κ1) is 16.3. The smallest absolute Gasteiger partial charge is 0.221 e. The topological polar surface area (TPSA) is 105 Å². The highest BCUT2D eigenvalue weighted by Crippen LogP contribution is 2.27. The van der Waals surface area contributed by atoms with Gasteiger partial charge in [0.1, 0.15) is 12.7 Å². The minimum absolute atomic E-state index is 0.0643. The molecule has 20 heavy (non-hydrogen) atoms. The maximum absolute atomic E-state index is 10.8. The summed E-state index contributed by atoms with van der Waals surface area (Å²) >= 11 is 0. The highest BCUT2D eigenvalue weighted by molar-refractivity contribution is 5.76. The molecule has 1 atom stereocenters. The van der Waals surface area contributed by atoms with Crippen LogP contribution in [0.3, 0.4) is 0 Å². The third-order valence-corrected chi connectivity index (χ3v) is 2.59. The van der Waals surface area contributed by atoms with Crippen LogP contribution in [0.4, 0.5) is 0 Å². The van der Waals surface area contributed by atoms with Gasteiger partial charge in [-0.05, 0) is 17.7 Å². The summed E-state index contributed by atoms with van der Waals surface area (Å²) in [6.07, 6.45) is -0.600. The largest absolute Gasteiger partial charge is 0.504 e. The Morgan fingerprint density at radius 3 is 2.70 bits per heavy atom. The number of hydrogen-bond acceptors (Lipinski definition) is 5. The zero-order chi connectivity index (χ0) is 15.1. The van der Waals surface area contributed by atoms with E-state index < -0.39 is 12.0 Å². The molecule has 0 aliphatic rings. The monoisotopic (exact) mass is 282 g/mol. The number of phenolic OH excluding ortho intramolecular Hbond substituents is 1. The van der Waals surface area contributed by atoms with Gasteiger partial charge >= 0.3 is 0 Å². The zero-order valence-electron chi connectivity index (χ0n) is 11.8. The summed E-state index contributed by atoms with van der Waals surface area (Å²) in [7, 11) is 0. The van der Waals surface area contributed by atoms with Crippen molar-refractivity contribution in [3.8, 4) is 11.5 Å². The second kappa shape index (κ2) is 7.72. The standard InChI is InChI=1S/C14H22N2O4/c1-9(2)16-7-11(17)8-20-13-4-3-10(5-12(13)18)6-14(15)19/h3-5,9,11,16-18H,6-8H2,1-2H3,(H2,15,19). The van der Waals surface area contributed by atoms with Gasteiger partial charge in [0, 0.05) is 12.6 Å². The van der Waals surface area contributed by atoms with Crippen LogP contribution in [0.15, 0.2) is 18.2 Å². The number of aromatic hydroxyl groups is 1. The van der Waals surface area contributed by atoms with Crippen LogP contribution in [0, 0.1) is 0 Å². The van der Waals surface area contributed by atoms with Crippen molar-refractivity contribution in [3.05, 3.63) is 23.8 Å². The lowest BCUT2D eigenvalue weighted by Crippen LogP contribution is -2.35. The molecule has 0 fully saturated rings. The van der Waals surface area contributed by atoms with Gasteiger partial charge in [0.25, 0.3) is 0 Å². The maximum atomic E-state index is 10.8. The van der Waals surface area contributed by atoms with Gasteiger partial charge in [-0.15, -0.1) is 0 Å². The Kier molecular flexibility index (Phi) is 6.27. The Hall–Kier alpha value is -1.79. The molecule has 6 heteroatoms. The fraction of sp³-hybridized carbons (Fsp3) is 0.500. The van der Waals surface area contributed by atoms with E-state index in [1.54, 1.807) is 12.1 Å². The third kappa shape index (κ3) is 5.90. The van der Waals surface area contributed by atoms with Crippen molar-refractivity contribution in [3.63, 3.8) is 0 Å². The number of primary amides is 1. The molecule has 0 saturated heterocycles. The van der Waals surface area contributed by atoms with E-state index in [0.717, 1.165) is 0 Å². The highest BCUT2D eigenvalue weighted by atomic mass is 16.5. The Bertz CT molecular complexity index is 449. The summed E-state index contributed by atoms with van der Waals surface area (Å²) in [6, 6.07) is 4.92. The van der Waals surface area contributed by atoms with Gasteiger partial charge < -0.3 is 26.0 Å². The molecule has 0 aromatic heterocycles. The summed E-state index contributed by atoms with van der Waals surface area (Å²) in [4.78, 5) is 10.8. The Balaban J connectivity index is 2.50. The Morgan fingerprint density at radius 2 is 2.15 bits per heavy atom. The highest BCUT2D eigenvalue weighted by Gasteiger charge is 2.09.